The normalized spacial score (nSPS) is 11.7. The van der Waals surface area contributed by atoms with Gasteiger partial charge in [0.2, 0.25) is 0 Å². The number of hydrogen-bond donors (Lipinski definition) is 0. The van der Waals surface area contributed by atoms with Crippen molar-refractivity contribution < 1.29 is 0 Å². The lowest BCUT2D eigenvalue weighted by Gasteiger charge is -2.25. The number of aromatic nitrogens is 2. The van der Waals surface area contributed by atoms with E-state index in [4.69, 9.17) is 0 Å². The van der Waals surface area contributed by atoms with Gasteiger partial charge >= 0.3 is 0 Å². The summed E-state index contributed by atoms with van der Waals surface area (Å²) in [6, 6.07) is 44.8. The Hall–Kier alpha value is -5.86. The summed E-state index contributed by atoms with van der Waals surface area (Å²) >= 11 is 0. The van der Waals surface area contributed by atoms with Crippen molar-refractivity contribution in [1.82, 2.24) is 9.13 Å². The molecule has 14 heteroatoms. The van der Waals surface area contributed by atoms with Crippen molar-refractivity contribution in [2.24, 2.45) is 0 Å². The standard InChI is InChI=1S/C48H44B12N2/c49-34-31(32-33-35(50)36(51)39(54)43(58)47(33)62(46(32)42(57)37(34)52)48-44(59)40(55)38(53)41(56)45(48)60)25-13-7-8-14-28(25)61-29-17-15-23(21-9-3-1-4-10-21)19-26(29)27-20-24(16-18-30(27)61)22-11-5-2-6-12-22/h1-20H,49-60H2. The van der Waals surface area contributed by atoms with Crippen LogP contribution in [0.15, 0.2) is 121 Å². The highest BCUT2D eigenvalue weighted by molar-refractivity contribution is 6.71. The summed E-state index contributed by atoms with van der Waals surface area (Å²) in [5.41, 5.74) is 31.4. The van der Waals surface area contributed by atoms with Crippen LogP contribution in [0.5, 0.6) is 0 Å². The zero-order chi connectivity index (χ0) is 43.5. The predicted octanol–water partition coefficient (Wildman–Crippen LogP) is -8.02. The van der Waals surface area contributed by atoms with Gasteiger partial charge in [0, 0.05) is 43.8 Å². The number of fused-ring (bicyclic) bond motifs is 6. The summed E-state index contributed by atoms with van der Waals surface area (Å²) in [7, 11) is 28.0. The van der Waals surface area contributed by atoms with E-state index in [1.54, 1.807) is 0 Å². The first-order valence-electron chi connectivity index (χ1n) is 22.2. The van der Waals surface area contributed by atoms with Crippen LogP contribution < -0.4 is 65.6 Å². The van der Waals surface area contributed by atoms with Crippen molar-refractivity contribution in [2.45, 2.75) is 0 Å². The maximum atomic E-state index is 2.69. The second-order valence-electron chi connectivity index (χ2n) is 18.1. The third-order valence-corrected chi connectivity index (χ3v) is 15.3. The lowest BCUT2D eigenvalue weighted by molar-refractivity contribution is 1.18. The molecule has 0 unspecified atom stereocenters. The smallest absolute Gasteiger partial charge is 0.141 e. The van der Waals surface area contributed by atoms with E-state index in [0.717, 1.165) is 0 Å². The van der Waals surface area contributed by atoms with Gasteiger partial charge in [-0.15, -0.1) is 10.9 Å². The Morgan fingerprint density at radius 2 is 0.726 bits per heavy atom. The van der Waals surface area contributed by atoms with Gasteiger partial charge in [-0.3, -0.25) is 0 Å². The number of nitrogens with zero attached hydrogens (tertiary/aromatic N) is 2. The molecule has 0 atom stereocenters. The van der Waals surface area contributed by atoms with E-state index in [0.29, 0.717) is 0 Å². The van der Waals surface area contributed by atoms with Gasteiger partial charge in [-0.2, -0.15) is 0 Å². The molecule has 10 rings (SSSR count). The summed E-state index contributed by atoms with van der Waals surface area (Å²) in [4.78, 5) is 0. The van der Waals surface area contributed by atoms with Crippen LogP contribution in [0.3, 0.4) is 0 Å². The number of para-hydroxylation sites is 1. The molecule has 0 aliphatic carbocycles. The summed E-state index contributed by atoms with van der Waals surface area (Å²) < 4.78 is 5.23. The lowest BCUT2D eigenvalue weighted by Crippen LogP contribution is -2.56. The molecule has 0 aliphatic heterocycles. The van der Waals surface area contributed by atoms with Crippen molar-refractivity contribution in [2.75, 3.05) is 0 Å². The van der Waals surface area contributed by atoms with Crippen LogP contribution in [0.25, 0.3) is 88.4 Å². The minimum atomic E-state index is 1.19. The number of rotatable bonds is 5. The number of benzene rings is 8. The topological polar surface area (TPSA) is 9.86 Å². The predicted molar refractivity (Wildman–Crippen MR) is 310 cm³/mol. The van der Waals surface area contributed by atoms with Gasteiger partial charge in [-0.1, -0.05) is 146 Å². The van der Waals surface area contributed by atoms with Gasteiger partial charge in [-0.25, -0.2) is 0 Å². The van der Waals surface area contributed by atoms with Gasteiger partial charge in [-0.05, 0) is 58.1 Å². The fourth-order valence-corrected chi connectivity index (χ4v) is 10.8. The van der Waals surface area contributed by atoms with Gasteiger partial charge < -0.3 is 9.13 Å². The third-order valence-electron chi connectivity index (χ3n) is 15.3. The Morgan fingerprint density at radius 3 is 1.26 bits per heavy atom. The monoisotopic (exact) mass is 780 g/mol. The molecule has 2 aromatic heterocycles. The van der Waals surface area contributed by atoms with Crippen LogP contribution in [-0.2, 0) is 0 Å². The van der Waals surface area contributed by atoms with Crippen LogP contribution in [0.4, 0.5) is 0 Å². The molecule has 0 saturated heterocycles. The largest absolute Gasteiger partial charge is 0.312 e. The average Bonchev–Trinajstić information content (AvgIpc) is 3.82. The highest BCUT2D eigenvalue weighted by Crippen LogP contribution is 2.41. The molecule has 0 radical (unpaired) electrons. The minimum absolute atomic E-state index is 1.19. The molecule has 62 heavy (non-hydrogen) atoms. The van der Waals surface area contributed by atoms with E-state index < -0.39 is 0 Å². The molecule has 0 bridgehead atoms. The van der Waals surface area contributed by atoms with Gasteiger partial charge in [0.05, 0.1) is 16.7 Å². The summed E-state index contributed by atoms with van der Waals surface area (Å²) in [5.74, 6) is 0. The van der Waals surface area contributed by atoms with E-state index in [2.05, 4.69) is 225 Å². The fourth-order valence-electron chi connectivity index (χ4n) is 10.8. The van der Waals surface area contributed by atoms with Crippen LogP contribution in [0.2, 0.25) is 0 Å². The molecular formula is C48H44B12N2. The molecule has 0 spiro atoms. The van der Waals surface area contributed by atoms with E-state index in [-0.39, 0.29) is 0 Å². The molecule has 0 saturated carbocycles. The molecule has 2 nitrogen and oxygen atoms in total. The van der Waals surface area contributed by atoms with Gasteiger partial charge in [0.15, 0.2) is 0 Å². The molecular weight excluding hydrogens is 734 g/mol. The SMILES string of the molecule is Bc1c(B)c(B)c(-n2c3c(B)c(B)c(B)c(B)c3c3c(-c4ccccc4-n4c5ccc(-c6ccccc6)cc5c5cc(-c6ccccc6)ccc54)c(B)c(B)c(B)c32)c(B)c1B. The average molecular weight is 779 g/mol. The lowest BCUT2D eigenvalue weighted by atomic mass is 9.61. The molecule has 2 heterocycles. The molecule has 0 fully saturated rings. The molecule has 0 amide bonds. The zero-order valence-corrected chi connectivity index (χ0v) is 38.4. The highest BCUT2D eigenvalue weighted by Gasteiger charge is 2.28. The summed E-state index contributed by atoms with van der Waals surface area (Å²) in [6.45, 7) is 0. The molecule has 10 aromatic rings. The van der Waals surface area contributed by atoms with Crippen molar-refractivity contribution in [1.29, 1.82) is 0 Å². The summed E-state index contributed by atoms with van der Waals surface area (Å²) in [6.07, 6.45) is 0. The molecule has 282 valence electrons. The van der Waals surface area contributed by atoms with Crippen LogP contribution in [0.1, 0.15) is 0 Å². The maximum absolute atomic E-state index is 2.69. The molecule has 0 N–H and O–H groups in total. The first kappa shape index (κ1) is 40.2. The Kier molecular flexibility index (Phi) is 9.67. The van der Waals surface area contributed by atoms with Crippen molar-refractivity contribution in [3.05, 3.63) is 121 Å². The highest BCUT2D eigenvalue weighted by atomic mass is 15.0. The third kappa shape index (κ3) is 5.74. The van der Waals surface area contributed by atoms with E-state index in [1.165, 1.54) is 154 Å². The first-order valence-corrected chi connectivity index (χ1v) is 22.2. The van der Waals surface area contributed by atoms with Crippen molar-refractivity contribution in [3.8, 4) is 44.8 Å². The van der Waals surface area contributed by atoms with Crippen molar-refractivity contribution >= 4 is 203 Å². The van der Waals surface area contributed by atoms with Gasteiger partial charge in [0.25, 0.3) is 0 Å². The Bertz CT molecular complexity index is 3420. The second kappa shape index (κ2) is 14.9. The van der Waals surface area contributed by atoms with Gasteiger partial charge in [0.1, 0.15) is 94.2 Å². The summed E-state index contributed by atoms with van der Waals surface area (Å²) in [5, 5.41) is 5.22. The Labute approximate surface area is 376 Å². The Balaban J connectivity index is 1.37. The second-order valence-corrected chi connectivity index (χ2v) is 18.1. The quantitative estimate of drug-likeness (QED) is 0.154. The Morgan fingerprint density at radius 1 is 0.306 bits per heavy atom. The number of hydrogen-bond acceptors (Lipinski definition) is 0. The van der Waals surface area contributed by atoms with Crippen LogP contribution in [-0.4, -0.2) is 103 Å². The van der Waals surface area contributed by atoms with E-state index >= 15 is 0 Å². The van der Waals surface area contributed by atoms with Crippen LogP contribution >= 0.6 is 0 Å². The van der Waals surface area contributed by atoms with Crippen LogP contribution in [0, 0.1) is 0 Å². The molecule has 0 aliphatic rings. The van der Waals surface area contributed by atoms with E-state index in [1.807, 2.05) is 0 Å². The minimum Gasteiger partial charge on any atom is -0.312 e. The maximum Gasteiger partial charge on any atom is 0.141 e. The fraction of sp³-hybridized carbons (Fsp3) is 0. The zero-order valence-electron chi connectivity index (χ0n) is 38.4. The van der Waals surface area contributed by atoms with E-state index in [9.17, 15) is 0 Å². The molecule has 8 aromatic carbocycles. The first-order chi connectivity index (χ1) is 29.8. The van der Waals surface area contributed by atoms with Crippen molar-refractivity contribution in [3.63, 3.8) is 0 Å².